The van der Waals surface area contributed by atoms with E-state index in [4.69, 9.17) is 15.3 Å². The van der Waals surface area contributed by atoms with Gasteiger partial charge in [-0.2, -0.15) is 0 Å². The van der Waals surface area contributed by atoms with Gasteiger partial charge in [0.25, 0.3) is 0 Å². The molecular formula is C13H25N5O2. The third-order valence-electron chi connectivity index (χ3n) is 2.85. The van der Waals surface area contributed by atoms with Crippen molar-refractivity contribution in [2.24, 2.45) is 5.84 Å². The number of hydrogen-bond donors (Lipinski definition) is 2. The van der Waals surface area contributed by atoms with E-state index in [0.29, 0.717) is 19.0 Å². The van der Waals surface area contributed by atoms with Gasteiger partial charge in [-0.25, -0.2) is 15.8 Å². The fourth-order valence-electron chi connectivity index (χ4n) is 1.69. The van der Waals surface area contributed by atoms with Crippen LogP contribution in [0.4, 0.5) is 11.6 Å². The minimum atomic E-state index is 0.230. The van der Waals surface area contributed by atoms with E-state index in [-0.39, 0.29) is 5.92 Å². The Morgan fingerprint density at radius 3 is 2.25 bits per heavy atom. The molecule has 0 aromatic carbocycles. The number of nitrogen functional groups attached to an aromatic ring is 1. The van der Waals surface area contributed by atoms with Crippen LogP contribution in [0.25, 0.3) is 0 Å². The molecule has 1 aromatic heterocycles. The van der Waals surface area contributed by atoms with Gasteiger partial charge in [0.2, 0.25) is 0 Å². The summed E-state index contributed by atoms with van der Waals surface area (Å²) < 4.78 is 10.3. The number of hydrazine groups is 1. The normalized spacial score (nSPS) is 10.9. The first kappa shape index (κ1) is 16.6. The highest BCUT2D eigenvalue weighted by Crippen LogP contribution is 2.19. The maximum absolute atomic E-state index is 5.48. The maximum atomic E-state index is 5.48. The number of nitrogens with zero attached hydrogens (tertiary/aromatic N) is 3. The molecule has 0 unspecified atom stereocenters. The zero-order valence-electron chi connectivity index (χ0n) is 12.7. The van der Waals surface area contributed by atoms with Crippen LogP contribution in [-0.4, -0.2) is 50.5 Å². The van der Waals surface area contributed by atoms with Crippen molar-refractivity contribution in [3.63, 3.8) is 0 Å². The van der Waals surface area contributed by atoms with E-state index in [0.717, 1.165) is 24.7 Å². The molecule has 0 radical (unpaired) electrons. The number of aromatic nitrogens is 2. The molecule has 7 nitrogen and oxygen atoms in total. The summed E-state index contributed by atoms with van der Waals surface area (Å²) in [5.74, 6) is 7.90. The van der Waals surface area contributed by atoms with Gasteiger partial charge in [-0.3, -0.25) is 0 Å². The summed E-state index contributed by atoms with van der Waals surface area (Å²) in [4.78, 5) is 11.1. The van der Waals surface area contributed by atoms with E-state index in [2.05, 4.69) is 20.3 Å². The fourth-order valence-corrected chi connectivity index (χ4v) is 1.69. The van der Waals surface area contributed by atoms with Crippen molar-refractivity contribution in [1.29, 1.82) is 0 Å². The van der Waals surface area contributed by atoms with Gasteiger partial charge in [0.15, 0.2) is 0 Å². The van der Waals surface area contributed by atoms with Crippen LogP contribution in [0.1, 0.15) is 25.6 Å². The van der Waals surface area contributed by atoms with Gasteiger partial charge in [0, 0.05) is 39.3 Å². The molecule has 0 aliphatic rings. The van der Waals surface area contributed by atoms with Gasteiger partial charge in [0.05, 0.1) is 13.2 Å². The van der Waals surface area contributed by atoms with Gasteiger partial charge in [-0.05, 0) is 0 Å². The van der Waals surface area contributed by atoms with Crippen molar-refractivity contribution < 1.29 is 9.47 Å². The summed E-state index contributed by atoms with van der Waals surface area (Å²) in [5.41, 5.74) is 2.59. The molecule has 0 aliphatic carbocycles. The van der Waals surface area contributed by atoms with E-state index in [1.54, 1.807) is 14.2 Å². The molecule has 0 amide bonds. The Hall–Kier alpha value is -1.44. The molecule has 0 aliphatic heterocycles. The summed E-state index contributed by atoms with van der Waals surface area (Å²) in [6.07, 6.45) is 0. The number of rotatable bonds is 9. The lowest BCUT2D eigenvalue weighted by atomic mass is 10.2. The SMILES string of the molecule is COCCN(CCOC)c1cc(NN)nc(C(C)C)n1. The average molecular weight is 283 g/mol. The van der Waals surface area contributed by atoms with Crippen molar-refractivity contribution in [2.45, 2.75) is 19.8 Å². The Bertz CT molecular complexity index is 392. The van der Waals surface area contributed by atoms with Gasteiger partial charge in [-0.1, -0.05) is 13.8 Å². The summed E-state index contributed by atoms with van der Waals surface area (Å²) in [5, 5.41) is 0. The van der Waals surface area contributed by atoms with Crippen LogP contribution in [0, 0.1) is 0 Å². The molecule has 1 rings (SSSR count). The second-order valence-corrected chi connectivity index (χ2v) is 4.74. The van der Waals surface area contributed by atoms with Gasteiger partial charge in [0.1, 0.15) is 17.5 Å². The standard InChI is InChI=1S/C13H25N5O2/c1-10(2)13-15-11(17-14)9-12(16-13)18(5-7-19-3)6-8-20-4/h9-10H,5-8,14H2,1-4H3,(H,15,16,17). The number of ether oxygens (including phenoxy) is 2. The van der Waals surface area contributed by atoms with Crippen molar-refractivity contribution in [2.75, 3.05) is 50.8 Å². The zero-order chi connectivity index (χ0) is 15.0. The first-order chi connectivity index (χ1) is 9.62. The first-order valence-corrected chi connectivity index (χ1v) is 6.70. The molecule has 0 fully saturated rings. The molecular weight excluding hydrogens is 258 g/mol. The lowest BCUT2D eigenvalue weighted by Crippen LogP contribution is -2.32. The third kappa shape index (κ3) is 4.92. The van der Waals surface area contributed by atoms with Crippen LogP contribution >= 0.6 is 0 Å². The first-order valence-electron chi connectivity index (χ1n) is 6.70. The smallest absolute Gasteiger partial charge is 0.145 e. The number of nitrogens with two attached hydrogens (primary N) is 1. The third-order valence-corrected chi connectivity index (χ3v) is 2.85. The number of anilines is 2. The van der Waals surface area contributed by atoms with Crippen LogP contribution in [0.3, 0.4) is 0 Å². The van der Waals surface area contributed by atoms with Crippen molar-refractivity contribution in [3.05, 3.63) is 11.9 Å². The molecule has 0 atom stereocenters. The molecule has 3 N–H and O–H groups in total. The van der Waals surface area contributed by atoms with Crippen molar-refractivity contribution in [1.82, 2.24) is 9.97 Å². The average Bonchev–Trinajstić information content (AvgIpc) is 2.46. The predicted octanol–water partition coefficient (Wildman–Crippen LogP) is 0.985. The van der Waals surface area contributed by atoms with Gasteiger partial charge in [-0.15, -0.1) is 0 Å². The fraction of sp³-hybridized carbons (Fsp3) is 0.692. The molecule has 1 aromatic rings. The van der Waals surface area contributed by atoms with Crippen LogP contribution in [0.5, 0.6) is 0 Å². The minimum Gasteiger partial charge on any atom is -0.383 e. The van der Waals surface area contributed by atoms with Gasteiger partial charge >= 0.3 is 0 Å². The molecule has 0 saturated carbocycles. The van der Waals surface area contributed by atoms with E-state index < -0.39 is 0 Å². The van der Waals surface area contributed by atoms with Crippen LogP contribution in [0.15, 0.2) is 6.07 Å². The highest BCUT2D eigenvalue weighted by atomic mass is 16.5. The minimum absolute atomic E-state index is 0.230. The summed E-state index contributed by atoms with van der Waals surface area (Å²) in [7, 11) is 3.36. The van der Waals surface area contributed by atoms with E-state index in [1.165, 1.54) is 0 Å². The summed E-state index contributed by atoms with van der Waals surface area (Å²) >= 11 is 0. The second kappa shape index (κ2) is 8.68. The summed E-state index contributed by atoms with van der Waals surface area (Å²) in [6.45, 7) is 6.81. The van der Waals surface area contributed by atoms with Crippen molar-refractivity contribution in [3.8, 4) is 0 Å². The van der Waals surface area contributed by atoms with E-state index >= 15 is 0 Å². The zero-order valence-corrected chi connectivity index (χ0v) is 12.7. The Balaban J connectivity index is 2.99. The van der Waals surface area contributed by atoms with Gasteiger partial charge < -0.3 is 19.8 Å². The number of hydrogen-bond acceptors (Lipinski definition) is 7. The monoisotopic (exact) mass is 283 g/mol. The number of methoxy groups -OCH3 is 2. The second-order valence-electron chi connectivity index (χ2n) is 4.74. The van der Waals surface area contributed by atoms with E-state index in [1.807, 2.05) is 19.9 Å². The quantitative estimate of drug-likeness (QED) is 0.516. The molecule has 114 valence electrons. The Morgan fingerprint density at radius 2 is 1.80 bits per heavy atom. The molecule has 0 saturated heterocycles. The van der Waals surface area contributed by atoms with Crippen molar-refractivity contribution >= 4 is 11.6 Å². The topological polar surface area (TPSA) is 85.5 Å². The maximum Gasteiger partial charge on any atom is 0.145 e. The van der Waals surface area contributed by atoms with E-state index in [9.17, 15) is 0 Å². The molecule has 0 spiro atoms. The predicted molar refractivity (Wildman–Crippen MR) is 79.9 cm³/mol. The largest absolute Gasteiger partial charge is 0.383 e. The lowest BCUT2D eigenvalue weighted by molar-refractivity contribution is 0.190. The Labute approximate surface area is 120 Å². The Kier molecular flexibility index (Phi) is 7.21. The highest BCUT2D eigenvalue weighted by molar-refractivity contribution is 5.49. The van der Waals surface area contributed by atoms with Crippen LogP contribution < -0.4 is 16.2 Å². The molecule has 1 heterocycles. The van der Waals surface area contributed by atoms with Crippen LogP contribution in [-0.2, 0) is 9.47 Å². The number of nitrogens with one attached hydrogen (secondary N) is 1. The highest BCUT2D eigenvalue weighted by Gasteiger charge is 2.13. The molecule has 7 heteroatoms. The molecule has 20 heavy (non-hydrogen) atoms. The summed E-state index contributed by atoms with van der Waals surface area (Å²) in [6, 6.07) is 1.83. The lowest BCUT2D eigenvalue weighted by Gasteiger charge is -2.24. The molecule has 0 bridgehead atoms. The Morgan fingerprint density at radius 1 is 1.20 bits per heavy atom. The van der Waals surface area contributed by atoms with Crippen LogP contribution in [0.2, 0.25) is 0 Å².